The topological polar surface area (TPSA) is 50.8 Å². The molecule has 0 saturated carbocycles. The summed E-state index contributed by atoms with van der Waals surface area (Å²) < 4.78 is 12.4. The zero-order valence-electron chi connectivity index (χ0n) is 15.8. The minimum atomic E-state index is -0.401. The summed E-state index contributed by atoms with van der Waals surface area (Å²) in [6, 6.07) is 6.14. The van der Waals surface area contributed by atoms with Gasteiger partial charge in [0, 0.05) is 5.69 Å². The highest BCUT2D eigenvalue weighted by molar-refractivity contribution is 6.62. The molecule has 5 nitrogen and oxygen atoms in total. The summed E-state index contributed by atoms with van der Waals surface area (Å²) in [7, 11) is 1.72. The van der Waals surface area contributed by atoms with Crippen LogP contribution in [-0.4, -0.2) is 49.3 Å². The molecule has 1 aromatic rings. The van der Waals surface area contributed by atoms with Crippen molar-refractivity contribution in [2.45, 2.75) is 57.2 Å². The number of carbonyl (C=O) groups excluding carboxylic acids is 1. The number of anilines is 1. The number of piperidine rings is 1. The molecule has 0 radical (unpaired) electrons. The average Bonchev–Trinajstić information content (AvgIpc) is 2.93. The summed E-state index contributed by atoms with van der Waals surface area (Å²) in [5, 5.41) is 3.08. The van der Waals surface area contributed by atoms with Gasteiger partial charge in [-0.05, 0) is 77.8 Å². The molecule has 25 heavy (non-hydrogen) atoms. The Labute approximate surface area is 150 Å². The van der Waals surface area contributed by atoms with E-state index < -0.39 is 12.5 Å². The smallest absolute Gasteiger partial charge is 0.399 e. The molecule has 0 aliphatic carbocycles. The number of hydrogen-bond acceptors (Lipinski definition) is 4. The van der Waals surface area contributed by atoms with Crippen LogP contribution in [0.3, 0.4) is 0 Å². The van der Waals surface area contributed by atoms with E-state index in [9.17, 15) is 4.79 Å². The first-order valence-electron chi connectivity index (χ1n) is 9.15. The molecule has 4 rings (SSSR count). The zero-order chi connectivity index (χ0) is 18.0. The largest absolute Gasteiger partial charge is 0.494 e. The molecule has 0 unspecified atom stereocenters. The molecular formula is C19H27BN2O3. The Hall–Kier alpha value is -1.37. The molecule has 2 saturated heterocycles. The first-order valence-corrected chi connectivity index (χ1v) is 9.15. The molecule has 3 aliphatic heterocycles. The molecule has 0 aromatic heterocycles. The van der Waals surface area contributed by atoms with Crippen molar-refractivity contribution in [1.82, 2.24) is 4.90 Å². The monoisotopic (exact) mass is 342 g/mol. The molecule has 1 amide bonds. The van der Waals surface area contributed by atoms with Crippen LogP contribution in [0.25, 0.3) is 0 Å². The molecule has 134 valence electrons. The van der Waals surface area contributed by atoms with Crippen LogP contribution in [0.2, 0.25) is 0 Å². The summed E-state index contributed by atoms with van der Waals surface area (Å²) in [5.41, 5.74) is 1.91. The molecule has 1 aromatic carbocycles. The fourth-order valence-corrected chi connectivity index (χ4v) is 4.05. The maximum absolute atomic E-state index is 12.8. The maximum atomic E-state index is 12.8. The number of nitrogens with one attached hydrogen (secondary N) is 1. The number of rotatable bonds is 1. The molecular weight excluding hydrogens is 315 g/mol. The highest BCUT2D eigenvalue weighted by Gasteiger charge is 2.53. The third-order valence-corrected chi connectivity index (χ3v) is 6.61. The second-order valence-electron chi connectivity index (χ2n) is 8.73. The molecule has 3 aliphatic rings. The number of hydrogen-bond donors (Lipinski definition) is 1. The number of fused-ring (bicyclic) bond motifs is 2. The van der Waals surface area contributed by atoms with E-state index in [-0.39, 0.29) is 17.1 Å². The second-order valence-corrected chi connectivity index (χ2v) is 8.73. The van der Waals surface area contributed by atoms with E-state index in [1.165, 1.54) is 0 Å². The predicted molar refractivity (Wildman–Crippen MR) is 99.2 cm³/mol. The third-order valence-electron chi connectivity index (χ3n) is 6.61. The van der Waals surface area contributed by atoms with Gasteiger partial charge in [0.2, 0.25) is 5.91 Å². The van der Waals surface area contributed by atoms with Crippen LogP contribution in [0.4, 0.5) is 5.69 Å². The fourth-order valence-electron chi connectivity index (χ4n) is 4.05. The van der Waals surface area contributed by atoms with E-state index in [1.807, 2.05) is 12.1 Å². The van der Waals surface area contributed by atoms with Crippen molar-refractivity contribution >= 4 is 24.2 Å². The van der Waals surface area contributed by atoms with Gasteiger partial charge in [-0.2, -0.15) is 0 Å². The van der Waals surface area contributed by atoms with Gasteiger partial charge < -0.3 is 19.5 Å². The lowest BCUT2D eigenvalue weighted by atomic mass is 9.70. The van der Waals surface area contributed by atoms with Gasteiger partial charge in [-0.15, -0.1) is 0 Å². The van der Waals surface area contributed by atoms with Crippen molar-refractivity contribution < 1.29 is 14.1 Å². The van der Waals surface area contributed by atoms with Crippen LogP contribution in [0.15, 0.2) is 18.2 Å². The van der Waals surface area contributed by atoms with Crippen molar-refractivity contribution in [3.05, 3.63) is 23.8 Å². The van der Waals surface area contributed by atoms with Crippen molar-refractivity contribution in [1.29, 1.82) is 0 Å². The summed E-state index contributed by atoms with van der Waals surface area (Å²) in [6.07, 6.45) is 1.71. The first kappa shape index (κ1) is 17.1. The standard InChI is InChI=1S/C19H27BN2O3/c1-17(2)18(3,4)25-20(24-17)13-6-7-15-14(12-13)19(16(23)21-15)8-10-22(5)11-9-19/h6-7,12H,8-11H2,1-5H3,(H,21,23). The molecule has 0 bridgehead atoms. The van der Waals surface area contributed by atoms with Crippen molar-refractivity contribution in [3.63, 3.8) is 0 Å². The lowest BCUT2D eigenvalue weighted by Crippen LogP contribution is -2.45. The van der Waals surface area contributed by atoms with Crippen LogP contribution >= 0.6 is 0 Å². The Kier molecular flexibility index (Phi) is 3.63. The number of nitrogens with zero attached hydrogens (tertiary/aromatic N) is 1. The van der Waals surface area contributed by atoms with Gasteiger partial charge in [0.15, 0.2) is 0 Å². The quantitative estimate of drug-likeness (QED) is 0.792. The van der Waals surface area contributed by atoms with E-state index in [0.717, 1.165) is 42.6 Å². The number of carbonyl (C=O) groups is 1. The lowest BCUT2D eigenvalue weighted by Gasteiger charge is -2.36. The minimum absolute atomic E-state index is 0.140. The minimum Gasteiger partial charge on any atom is -0.399 e. The average molecular weight is 342 g/mol. The van der Waals surface area contributed by atoms with Gasteiger partial charge in [0.05, 0.1) is 16.6 Å². The summed E-state index contributed by atoms with van der Waals surface area (Å²) >= 11 is 0. The van der Waals surface area contributed by atoms with Gasteiger partial charge >= 0.3 is 7.12 Å². The van der Waals surface area contributed by atoms with Crippen molar-refractivity contribution in [2.24, 2.45) is 0 Å². The first-order chi connectivity index (χ1) is 11.6. The van der Waals surface area contributed by atoms with E-state index >= 15 is 0 Å². The van der Waals surface area contributed by atoms with Crippen LogP contribution in [-0.2, 0) is 19.5 Å². The normalized spacial score (nSPS) is 26.8. The highest BCUT2D eigenvalue weighted by Crippen LogP contribution is 2.45. The highest BCUT2D eigenvalue weighted by atomic mass is 16.7. The van der Waals surface area contributed by atoms with Gasteiger partial charge in [0.25, 0.3) is 0 Å². The molecule has 1 N–H and O–H groups in total. The lowest BCUT2D eigenvalue weighted by molar-refractivity contribution is -0.122. The third kappa shape index (κ3) is 2.46. The summed E-state index contributed by atoms with van der Waals surface area (Å²) in [4.78, 5) is 15.0. The van der Waals surface area contributed by atoms with Crippen LogP contribution in [0.5, 0.6) is 0 Å². The Morgan fingerprint density at radius 2 is 1.68 bits per heavy atom. The van der Waals surface area contributed by atoms with Crippen molar-refractivity contribution in [3.8, 4) is 0 Å². The Balaban J connectivity index is 1.69. The molecule has 1 spiro atoms. The van der Waals surface area contributed by atoms with Gasteiger partial charge in [-0.25, -0.2) is 0 Å². The Bertz CT molecular complexity index is 707. The second kappa shape index (κ2) is 5.32. The van der Waals surface area contributed by atoms with Gasteiger partial charge in [-0.1, -0.05) is 12.1 Å². The molecule has 2 fully saturated rings. The maximum Gasteiger partial charge on any atom is 0.494 e. The SMILES string of the molecule is CN1CCC2(CC1)C(=O)Nc1ccc(B3OC(C)(C)C(C)(C)O3)cc12. The Morgan fingerprint density at radius 1 is 1.08 bits per heavy atom. The summed E-state index contributed by atoms with van der Waals surface area (Å²) in [5.74, 6) is 0.140. The number of likely N-dealkylation sites (tertiary alicyclic amines) is 1. The fraction of sp³-hybridized carbons (Fsp3) is 0.632. The van der Waals surface area contributed by atoms with Crippen LogP contribution in [0.1, 0.15) is 46.1 Å². The molecule has 3 heterocycles. The number of benzene rings is 1. The predicted octanol–water partition coefficient (Wildman–Crippen LogP) is 1.90. The van der Waals surface area contributed by atoms with E-state index in [0.29, 0.717) is 0 Å². The molecule has 6 heteroatoms. The van der Waals surface area contributed by atoms with Crippen LogP contribution in [0, 0.1) is 0 Å². The van der Waals surface area contributed by atoms with Gasteiger partial charge in [-0.3, -0.25) is 4.79 Å². The zero-order valence-corrected chi connectivity index (χ0v) is 15.8. The van der Waals surface area contributed by atoms with E-state index in [4.69, 9.17) is 9.31 Å². The van der Waals surface area contributed by atoms with E-state index in [1.54, 1.807) is 0 Å². The van der Waals surface area contributed by atoms with E-state index in [2.05, 4.69) is 51.0 Å². The number of amides is 1. The molecule has 0 atom stereocenters. The van der Waals surface area contributed by atoms with Crippen molar-refractivity contribution in [2.75, 3.05) is 25.5 Å². The van der Waals surface area contributed by atoms with Crippen LogP contribution < -0.4 is 10.8 Å². The Morgan fingerprint density at radius 3 is 2.28 bits per heavy atom. The summed E-state index contributed by atoms with van der Waals surface area (Å²) in [6.45, 7) is 10.1. The van der Waals surface area contributed by atoms with Gasteiger partial charge in [0.1, 0.15) is 0 Å².